The van der Waals surface area contributed by atoms with Crippen molar-refractivity contribution in [1.29, 1.82) is 0 Å². The Morgan fingerprint density at radius 1 is 1.24 bits per heavy atom. The Morgan fingerprint density at radius 3 is 2.64 bits per heavy atom. The fourth-order valence-corrected chi connectivity index (χ4v) is 3.82. The molecule has 2 aromatic carbocycles. The predicted octanol–water partition coefficient (Wildman–Crippen LogP) is 0.892. The quantitative estimate of drug-likeness (QED) is 0.379. The molecule has 1 aliphatic rings. The summed E-state index contributed by atoms with van der Waals surface area (Å²) in [6, 6.07) is 12.0. The second-order valence-electron chi connectivity index (χ2n) is 8.21. The SMILES string of the molecule is COc1cc(F)cc(Cn2c(CNC(C)CO)nn(-c3ccc(C4CNNC4)cc3)c2=O)c1. The fraction of sp³-hybridized carbons (Fsp3) is 0.391. The van der Waals surface area contributed by atoms with Gasteiger partial charge in [-0.2, -0.15) is 4.68 Å². The molecule has 0 radical (unpaired) electrons. The first-order valence-electron chi connectivity index (χ1n) is 10.9. The van der Waals surface area contributed by atoms with Crippen molar-refractivity contribution in [2.45, 2.75) is 32.0 Å². The van der Waals surface area contributed by atoms with Crippen molar-refractivity contribution in [3.8, 4) is 11.4 Å². The summed E-state index contributed by atoms with van der Waals surface area (Å²) in [5, 5.41) is 17.0. The molecule has 1 unspecified atom stereocenters. The van der Waals surface area contributed by atoms with Gasteiger partial charge in [0.05, 0.1) is 32.5 Å². The van der Waals surface area contributed by atoms with Gasteiger partial charge in [-0.3, -0.25) is 15.4 Å². The normalized spacial score (nSPS) is 15.2. The molecule has 0 aliphatic carbocycles. The van der Waals surface area contributed by atoms with Crippen molar-refractivity contribution in [2.24, 2.45) is 0 Å². The molecule has 33 heavy (non-hydrogen) atoms. The molecule has 9 nitrogen and oxygen atoms in total. The molecule has 10 heteroatoms. The number of hydrazine groups is 1. The molecule has 2 heterocycles. The van der Waals surface area contributed by atoms with E-state index in [1.807, 2.05) is 31.2 Å². The maximum atomic E-state index is 14.0. The summed E-state index contributed by atoms with van der Waals surface area (Å²) < 4.78 is 22.0. The van der Waals surface area contributed by atoms with Gasteiger partial charge >= 0.3 is 5.69 Å². The van der Waals surface area contributed by atoms with Crippen LogP contribution in [0, 0.1) is 5.82 Å². The molecule has 0 amide bonds. The third-order valence-corrected chi connectivity index (χ3v) is 5.76. The zero-order chi connectivity index (χ0) is 23.4. The van der Waals surface area contributed by atoms with E-state index in [-0.39, 0.29) is 31.4 Å². The number of methoxy groups -OCH3 is 1. The molecule has 1 fully saturated rings. The van der Waals surface area contributed by atoms with Crippen molar-refractivity contribution in [1.82, 2.24) is 30.5 Å². The van der Waals surface area contributed by atoms with E-state index in [2.05, 4.69) is 21.3 Å². The van der Waals surface area contributed by atoms with E-state index in [4.69, 9.17) is 4.74 Å². The number of aromatic nitrogens is 3. The van der Waals surface area contributed by atoms with Crippen LogP contribution in [-0.2, 0) is 13.1 Å². The zero-order valence-corrected chi connectivity index (χ0v) is 18.7. The van der Waals surface area contributed by atoms with Crippen LogP contribution in [0.3, 0.4) is 0 Å². The lowest BCUT2D eigenvalue weighted by molar-refractivity contribution is 0.250. The number of halogens is 1. The second kappa shape index (κ2) is 10.3. The highest BCUT2D eigenvalue weighted by Crippen LogP contribution is 2.19. The summed E-state index contributed by atoms with van der Waals surface area (Å²) >= 11 is 0. The Bertz CT molecular complexity index is 1140. The largest absolute Gasteiger partial charge is 0.497 e. The number of aliphatic hydroxyl groups excluding tert-OH is 1. The predicted molar refractivity (Wildman–Crippen MR) is 122 cm³/mol. The molecule has 176 valence electrons. The molecule has 0 bridgehead atoms. The molecule has 0 spiro atoms. The minimum absolute atomic E-state index is 0.0433. The third kappa shape index (κ3) is 5.31. The van der Waals surface area contributed by atoms with E-state index >= 15 is 0 Å². The summed E-state index contributed by atoms with van der Waals surface area (Å²) in [6.45, 7) is 3.90. The van der Waals surface area contributed by atoms with Crippen molar-refractivity contribution < 1.29 is 14.2 Å². The smallest absolute Gasteiger partial charge is 0.351 e. The van der Waals surface area contributed by atoms with E-state index in [0.717, 1.165) is 13.1 Å². The average molecular weight is 457 g/mol. The summed E-state index contributed by atoms with van der Waals surface area (Å²) in [4.78, 5) is 13.3. The highest BCUT2D eigenvalue weighted by atomic mass is 19.1. The highest BCUT2D eigenvalue weighted by molar-refractivity contribution is 5.36. The van der Waals surface area contributed by atoms with Gasteiger partial charge in [0.2, 0.25) is 0 Å². The minimum Gasteiger partial charge on any atom is -0.497 e. The molecular formula is C23H29FN6O3. The lowest BCUT2D eigenvalue weighted by atomic mass is 10.0. The van der Waals surface area contributed by atoms with E-state index < -0.39 is 5.82 Å². The Hall–Kier alpha value is -3.05. The number of benzene rings is 2. The van der Waals surface area contributed by atoms with Gasteiger partial charge < -0.3 is 15.2 Å². The summed E-state index contributed by atoms with van der Waals surface area (Å²) in [6.07, 6.45) is 0. The number of rotatable bonds is 9. The second-order valence-corrected chi connectivity index (χ2v) is 8.21. The van der Waals surface area contributed by atoms with E-state index in [1.165, 1.54) is 34.1 Å². The Kier molecular flexibility index (Phi) is 7.19. The number of nitrogens with one attached hydrogen (secondary N) is 3. The zero-order valence-electron chi connectivity index (χ0n) is 18.7. The van der Waals surface area contributed by atoms with E-state index in [9.17, 15) is 14.3 Å². The van der Waals surface area contributed by atoms with Gasteiger partial charge in [0, 0.05) is 31.1 Å². The van der Waals surface area contributed by atoms with Gasteiger partial charge in [-0.05, 0) is 42.3 Å². The van der Waals surface area contributed by atoms with E-state index in [1.54, 1.807) is 6.07 Å². The standard InChI is InChI=1S/C23H29FN6O3/c1-15(14-31)25-12-22-28-30(20-5-3-17(4-6-20)18-10-26-27-11-18)23(32)29(22)13-16-7-19(24)9-21(8-16)33-2/h3-9,15,18,25-27,31H,10-14H2,1-2H3. The van der Waals surface area contributed by atoms with Gasteiger partial charge in [-0.15, -0.1) is 5.10 Å². The fourth-order valence-electron chi connectivity index (χ4n) is 3.82. The number of ether oxygens (including phenoxy) is 1. The molecule has 1 aliphatic heterocycles. The molecular weight excluding hydrogens is 427 g/mol. The Balaban J connectivity index is 1.67. The lowest BCUT2D eigenvalue weighted by Crippen LogP contribution is -2.31. The van der Waals surface area contributed by atoms with Gasteiger partial charge in [0.1, 0.15) is 17.4 Å². The monoisotopic (exact) mass is 456 g/mol. The topological polar surface area (TPSA) is 105 Å². The van der Waals surface area contributed by atoms with Gasteiger partial charge in [-0.1, -0.05) is 12.1 Å². The van der Waals surface area contributed by atoms with Crippen LogP contribution in [-0.4, -0.2) is 52.3 Å². The van der Waals surface area contributed by atoms with Gasteiger partial charge in [-0.25, -0.2) is 9.18 Å². The molecule has 0 saturated carbocycles. The maximum Gasteiger partial charge on any atom is 0.351 e. The van der Waals surface area contributed by atoms with Crippen molar-refractivity contribution in [3.05, 3.63) is 75.7 Å². The lowest BCUT2D eigenvalue weighted by Gasteiger charge is -2.11. The maximum absolute atomic E-state index is 14.0. The van der Waals surface area contributed by atoms with Crippen LogP contribution in [0.25, 0.3) is 5.69 Å². The highest BCUT2D eigenvalue weighted by Gasteiger charge is 2.19. The van der Waals surface area contributed by atoms with Gasteiger partial charge in [0.15, 0.2) is 0 Å². The third-order valence-electron chi connectivity index (χ3n) is 5.76. The molecule has 4 N–H and O–H groups in total. The molecule has 1 aromatic heterocycles. The molecule has 1 saturated heterocycles. The van der Waals surface area contributed by atoms with Gasteiger partial charge in [0.25, 0.3) is 0 Å². The van der Waals surface area contributed by atoms with Crippen molar-refractivity contribution >= 4 is 0 Å². The Labute approximate surface area is 191 Å². The number of hydrogen-bond donors (Lipinski definition) is 4. The minimum atomic E-state index is -0.440. The first-order chi connectivity index (χ1) is 16.0. The molecule has 4 rings (SSSR count). The molecule has 3 aromatic rings. The summed E-state index contributed by atoms with van der Waals surface area (Å²) in [7, 11) is 1.47. The van der Waals surface area contributed by atoms with Crippen LogP contribution >= 0.6 is 0 Å². The first kappa shape index (κ1) is 23.1. The summed E-state index contributed by atoms with van der Waals surface area (Å²) in [5.74, 6) is 0.795. The average Bonchev–Trinajstić information content (AvgIpc) is 3.46. The summed E-state index contributed by atoms with van der Waals surface area (Å²) in [5.41, 5.74) is 8.32. The Morgan fingerprint density at radius 2 is 1.97 bits per heavy atom. The number of hydrogen-bond acceptors (Lipinski definition) is 7. The van der Waals surface area contributed by atoms with Crippen LogP contribution in [0.2, 0.25) is 0 Å². The van der Waals surface area contributed by atoms with Crippen LogP contribution < -0.4 is 26.6 Å². The van der Waals surface area contributed by atoms with Crippen LogP contribution in [0.15, 0.2) is 47.3 Å². The van der Waals surface area contributed by atoms with E-state index in [0.29, 0.717) is 28.7 Å². The molecule has 1 atom stereocenters. The number of nitrogens with zero attached hydrogens (tertiary/aromatic N) is 3. The van der Waals surface area contributed by atoms with Crippen LogP contribution in [0.5, 0.6) is 5.75 Å². The van der Waals surface area contributed by atoms with Crippen molar-refractivity contribution in [2.75, 3.05) is 26.8 Å². The number of aliphatic hydroxyl groups is 1. The van der Waals surface area contributed by atoms with Crippen molar-refractivity contribution in [3.63, 3.8) is 0 Å². The first-order valence-corrected chi connectivity index (χ1v) is 10.9. The van der Waals surface area contributed by atoms with Crippen LogP contribution in [0.4, 0.5) is 4.39 Å². The van der Waals surface area contributed by atoms with Crippen LogP contribution in [0.1, 0.15) is 29.8 Å².